The molecule has 3 rings (SSSR count). The van der Waals surface area contributed by atoms with Crippen molar-refractivity contribution in [1.29, 1.82) is 0 Å². The molecule has 0 bridgehead atoms. The van der Waals surface area contributed by atoms with Gasteiger partial charge < -0.3 is 15.4 Å². The Morgan fingerprint density at radius 1 is 1.07 bits per heavy atom. The minimum absolute atomic E-state index is 0.208. The van der Waals surface area contributed by atoms with Crippen LogP contribution in [0.3, 0.4) is 0 Å². The Hall–Kier alpha value is -1.88. The van der Waals surface area contributed by atoms with Crippen LogP contribution in [0, 0.1) is 5.92 Å². The fraction of sp³-hybridized carbons (Fsp3) is 0.538. The number of methoxy groups -OCH3 is 1. The largest absolute Gasteiger partial charge is 0.497 e. The molecule has 2 aromatic carbocycles. The molecule has 2 aromatic rings. The number of rotatable bonds is 9. The topological polar surface area (TPSA) is 41.7 Å². The lowest BCUT2D eigenvalue weighted by molar-refractivity contribution is 0.0603. The summed E-state index contributed by atoms with van der Waals surface area (Å²) in [5.74, 6) is 1.52. The molecule has 1 saturated heterocycles. The average molecular weight is 410 g/mol. The van der Waals surface area contributed by atoms with Crippen LogP contribution in [-0.2, 0) is 12.0 Å². The Labute approximate surface area is 183 Å². The van der Waals surface area contributed by atoms with Crippen molar-refractivity contribution in [2.45, 2.75) is 44.7 Å². The summed E-state index contributed by atoms with van der Waals surface area (Å²) < 4.78 is 5.30. The zero-order valence-electron chi connectivity index (χ0n) is 19.2. The van der Waals surface area contributed by atoms with Gasteiger partial charge >= 0.3 is 0 Å². The number of piperidine rings is 1. The van der Waals surface area contributed by atoms with E-state index in [-0.39, 0.29) is 5.41 Å². The van der Waals surface area contributed by atoms with Gasteiger partial charge in [0, 0.05) is 37.6 Å². The third-order valence-electron chi connectivity index (χ3n) is 7.15. The van der Waals surface area contributed by atoms with Crippen LogP contribution in [0.15, 0.2) is 54.6 Å². The van der Waals surface area contributed by atoms with Crippen molar-refractivity contribution < 1.29 is 4.74 Å². The molecule has 3 unspecified atom stereocenters. The van der Waals surface area contributed by atoms with Crippen molar-refractivity contribution in [1.82, 2.24) is 9.80 Å². The number of hydrogen-bond donors (Lipinski definition) is 1. The van der Waals surface area contributed by atoms with Gasteiger partial charge in [0.15, 0.2) is 0 Å². The molecular formula is C26H39N3O. The SMILES string of the molecule is COc1ccc(CN(CCN)CCC2(c3ccccc3)CC(C)N(C)CC2C)cc1. The summed E-state index contributed by atoms with van der Waals surface area (Å²) >= 11 is 0. The number of benzene rings is 2. The van der Waals surface area contributed by atoms with E-state index < -0.39 is 0 Å². The number of likely N-dealkylation sites (tertiary alicyclic amines) is 1. The zero-order valence-corrected chi connectivity index (χ0v) is 19.2. The van der Waals surface area contributed by atoms with Crippen LogP contribution in [0.5, 0.6) is 5.75 Å². The number of hydrogen-bond acceptors (Lipinski definition) is 4. The van der Waals surface area contributed by atoms with E-state index in [1.54, 1.807) is 7.11 Å². The number of nitrogens with two attached hydrogens (primary N) is 1. The first-order chi connectivity index (χ1) is 14.5. The summed E-state index contributed by atoms with van der Waals surface area (Å²) in [5, 5.41) is 0. The van der Waals surface area contributed by atoms with E-state index in [0.717, 1.165) is 38.3 Å². The normalized spacial score (nSPS) is 24.9. The van der Waals surface area contributed by atoms with E-state index >= 15 is 0 Å². The predicted octanol–water partition coefficient (Wildman–Crippen LogP) is 4.14. The third kappa shape index (κ3) is 5.23. The Morgan fingerprint density at radius 3 is 2.40 bits per heavy atom. The van der Waals surface area contributed by atoms with Crippen LogP contribution in [-0.4, -0.2) is 56.2 Å². The van der Waals surface area contributed by atoms with Crippen molar-refractivity contribution in [3.05, 3.63) is 65.7 Å². The smallest absolute Gasteiger partial charge is 0.118 e. The minimum atomic E-state index is 0.208. The van der Waals surface area contributed by atoms with E-state index in [2.05, 4.69) is 73.2 Å². The monoisotopic (exact) mass is 409 g/mol. The van der Waals surface area contributed by atoms with E-state index in [1.807, 2.05) is 12.1 Å². The Balaban J connectivity index is 1.78. The molecule has 0 aliphatic carbocycles. The average Bonchev–Trinajstić information content (AvgIpc) is 2.76. The van der Waals surface area contributed by atoms with Gasteiger partial charge in [-0.2, -0.15) is 0 Å². The summed E-state index contributed by atoms with van der Waals surface area (Å²) in [6.45, 7) is 9.54. The maximum atomic E-state index is 5.98. The van der Waals surface area contributed by atoms with Gasteiger partial charge in [-0.05, 0) is 62.5 Å². The predicted molar refractivity (Wildman–Crippen MR) is 126 cm³/mol. The molecule has 1 fully saturated rings. The Bertz CT molecular complexity index is 764. The van der Waals surface area contributed by atoms with Crippen molar-refractivity contribution in [2.24, 2.45) is 11.7 Å². The fourth-order valence-corrected chi connectivity index (χ4v) is 5.14. The van der Waals surface area contributed by atoms with Gasteiger partial charge in [-0.25, -0.2) is 0 Å². The molecule has 4 nitrogen and oxygen atoms in total. The highest BCUT2D eigenvalue weighted by Crippen LogP contribution is 2.44. The molecule has 164 valence electrons. The van der Waals surface area contributed by atoms with E-state index in [1.165, 1.54) is 17.5 Å². The van der Waals surface area contributed by atoms with Crippen molar-refractivity contribution in [3.63, 3.8) is 0 Å². The first-order valence-corrected chi connectivity index (χ1v) is 11.3. The molecule has 0 radical (unpaired) electrons. The van der Waals surface area contributed by atoms with E-state index in [9.17, 15) is 0 Å². The van der Waals surface area contributed by atoms with Crippen LogP contribution in [0.25, 0.3) is 0 Å². The maximum absolute atomic E-state index is 5.98. The van der Waals surface area contributed by atoms with Crippen molar-refractivity contribution in [2.75, 3.05) is 40.3 Å². The van der Waals surface area contributed by atoms with Crippen molar-refractivity contribution >= 4 is 0 Å². The van der Waals surface area contributed by atoms with Gasteiger partial charge in [-0.15, -0.1) is 0 Å². The molecule has 1 aliphatic heterocycles. The second-order valence-electron chi connectivity index (χ2n) is 9.08. The lowest BCUT2D eigenvalue weighted by atomic mass is 9.63. The lowest BCUT2D eigenvalue weighted by Gasteiger charge is -2.50. The molecule has 4 heteroatoms. The molecule has 0 spiro atoms. The highest BCUT2D eigenvalue weighted by Gasteiger charge is 2.43. The molecule has 1 aliphatic rings. The van der Waals surface area contributed by atoms with Gasteiger partial charge in [-0.3, -0.25) is 4.90 Å². The first kappa shape index (κ1) is 22.8. The first-order valence-electron chi connectivity index (χ1n) is 11.3. The lowest BCUT2D eigenvalue weighted by Crippen LogP contribution is -2.52. The van der Waals surface area contributed by atoms with E-state index in [0.29, 0.717) is 18.5 Å². The molecule has 0 amide bonds. The van der Waals surface area contributed by atoms with Gasteiger partial charge in [0.2, 0.25) is 0 Å². The molecular weight excluding hydrogens is 370 g/mol. The second-order valence-corrected chi connectivity index (χ2v) is 9.08. The Morgan fingerprint density at radius 2 is 1.77 bits per heavy atom. The highest BCUT2D eigenvalue weighted by molar-refractivity contribution is 5.29. The van der Waals surface area contributed by atoms with E-state index in [4.69, 9.17) is 10.5 Å². The molecule has 3 atom stereocenters. The van der Waals surface area contributed by atoms with Crippen LogP contribution in [0.2, 0.25) is 0 Å². The van der Waals surface area contributed by atoms with Crippen LogP contribution in [0.4, 0.5) is 0 Å². The summed E-state index contributed by atoms with van der Waals surface area (Å²) in [6, 6.07) is 20.2. The fourth-order valence-electron chi connectivity index (χ4n) is 5.14. The van der Waals surface area contributed by atoms with Crippen molar-refractivity contribution in [3.8, 4) is 5.75 Å². The molecule has 30 heavy (non-hydrogen) atoms. The maximum Gasteiger partial charge on any atom is 0.118 e. The molecule has 0 aromatic heterocycles. The summed E-state index contributed by atoms with van der Waals surface area (Å²) in [7, 11) is 3.98. The molecule has 2 N–H and O–H groups in total. The standard InChI is InChI=1S/C26H39N3O/c1-21-19-28(3)22(2)18-26(21,24-8-6-5-7-9-24)14-16-29(17-15-27)20-23-10-12-25(30-4)13-11-23/h5-13,21-22H,14-20,27H2,1-4H3. The highest BCUT2D eigenvalue weighted by atomic mass is 16.5. The summed E-state index contributed by atoms with van der Waals surface area (Å²) in [6.07, 6.45) is 2.36. The summed E-state index contributed by atoms with van der Waals surface area (Å²) in [5.41, 5.74) is 8.99. The molecule has 1 heterocycles. The number of ether oxygens (including phenoxy) is 1. The minimum Gasteiger partial charge on any atom is -0.497 e. The van der Waals surface area contributed by atoms with Gasteiger partial charge in [0.1, 0.15) is 5.75 Å². The van der Waals surface area contributed by atoms with Crippen LogP contribution < -0.4 is 10.5 Å². The van der Waals surface area contributed by atoms with Gasteiger partial charge in [0.25, 0.3) is 0 Å². The zero-order chi connectivity index (χ0) is 21.6. The summed E-state index contributed by atoms with van der Waals surface area (Å²) in [4.78, 5) is 5.03. The quantitative estimate of drug-likeness (QED) is 0.676. The van der Waals surface area contributed by atoms with Crippen LogP contribution in [0.1, 0.15) is 37.8 Å². The Kier molecular flexibility index (Phi) is 7.93. The number of nitrogens with zero attached hydrogens (tertiary/aromatic N) is 2. The van der Waals surface area contributed by atoms with Gasteiger partial charge in [0.05, 0.1) is 7.11 Å². The van der Waals surface area contributed by atoms with Crippen LogP contribution >= 0.6 is 0 Å². The van der Waals surface area contributed by atoms with Gasteiger partial charge in [-0.1, -0.05) is 49.4 Å². The third-order valence-corrected chi connectivity index (χ3v) is 7.15. The second kappa shape index (κ2) is 10.4. The molecule has 0 saturated carbocycles.